The lowest BCUT2D eigenvalue weighted by Gasteiger charge is -2.05. The lowest BCUT2D eigenvalue weighted by molar-refractivity contribution is 0.412. The van der Waals surface area contributed by atoms with Crippen molar-refractivity contribution in [2.45, 2.75) is 6.42 Å². The Kier molecular flexibility index (Phi) is 3.31. The first-order valence-corrected chi connectivity index (χ1v) is 4.58. The second-order valence-electron chi connectivity index (χ2n) is 2.67. The van der Waals surface area contributed by atoms with Gasteiger partial charge in [0.2, 0.25) is 0 Å². The monoisotopic (exact) mass is 242 g/mol. The van der Waals surface area contributed by atoms with Crippen LogP contribution in [0.3, 0.4) is 0 Å². The van der Waals surface area contributed by atoms with Gasteiger partial charge in [-0.25, -0.2) is 0 Å². The lowest BCUT2D eigenvalue weighted by atomic mass is 10.1. The molecule has 0 spiro atoms. The van der Waals surface area contributed by atoms with Gasteiger partial charge in [-0.3, -0.25) is 5.41 Å². The highest BCUT2D eigenvalue weighted by molar-refractivity contribution is 9.10. The Morgan fingerprint density at radius 1 is 1.62 bits per heavy atom. The van der Waals surface area contributed by atoms with Crippen LogP contribution in [0.2, 0.25) is 0 Å². The number of amidine groups is 1. The first kappa shape index (κ1) is 10.1. The van der Waals surface area contributed by atoms with Gasteiger partial charge in [0.25, 0.3) is 0 Å². The minimum absolute atomic E-state index is 0.164. The van der Waals surface area contributed by atoms with E-state index in [2.05, 4.69) is 15.9 Å². The fourth-order valence-electron chi connectivity index (χ4n) is 1.04. The second-order valence-corrected chi connectivity index (χ2v) is 3.53. The van der Waals surface area contributed by atoms with Gasteiger partial charge in [-0.15, -0.1) is 0 Å². The van der Waals surface area contributed by atoms with Crippen LogP contribution in [-0.4, -0.2) is 12.9 Å². The second kappa shape index (κ2) is 4.28. The molecule has 0 atom stereocenters. The first-order valence-electron chi connectivity index (χ1n) is 3.79. The van der Waals surface area contributed by atoms with Crippen molar-refractivity contribution >= 4 is 21.8 Å². The summed E-state index contributed by atoms with van der Waals surface area (Å²) in [5.74, 6) is 0.948. The van der Waals surface area contributed by atoms with Gasteiger partial charge in [-0.05, 0) is 33.6 Å². The van der Waals surface area contributed by atoms with Crippen molar-refractivity contribution in [2.24, 2.45) is 5.73 Å². The number of hydrogen-bond donors (Lipinski definition) is 2. The minimum Gasteiger partial charge on any atom is -0.496 e. The molecule has 0 amide bonds. The third-order valence-corrected chi connectivity index (χ3v) is 2.23. The maximum absolute atomic E-state index is 7.13. The molecule has 3 N–H and O–H groups in total. The largest absolute Gasteiger partial charge is 0.496 e. The molecule has 0 aliphatic rings. The quantitative estimate of drug-likeness (QED) is 0.629. The first-order chi connectivity index (χ1) is 6.13. The van der Waals surface area contributed by atoms with Gasteiger partial charge in [-0.2, -0.15) is 0 Å². The Morgan fingerprint density at radius 3 is 2.77 bits per heavy atom. The van der Waals surface area contributed by atoms with Crippen molar-refractivity contribution in [1.82, 2.24) is 0 Å². The van der Waals surface area contributed by atoms with E-state index in [0.29, 0.717) is 6.42 Å². The Morgan fingerprint density at radius 2 is 2.31 bits per heavy atom. The topological polar surface area (TPSA) is 59.1 Å². The zero-order valence-electron chi connectivity index (χ0n) is 7.30. The predicted octanol–water partition coefficient (Wildman–Crippen LogP) is 1.94. The molecule has 4 heteroatoms. The normalized spacial score (nSPS) is 9.69. The van der Waals surface area contributed by atoms with E-state index in [9.17, 15) is 0 Å². The molecule has 70 valence electrons. The fraction of sp³-hybridized carbons (Fsp3) is 0.222. The molecule has 1 aromatic rings. The van der Waals surface area contributed by atoms with E-state index in [0.717, 1.165) is 15.8 Å². The summed E-state index contributed by atoms with van der Waals surface area (Å²) in [5, 5.41) is 7.13. The van der Waals surface area contributed by atoms with Gasteiger partial charge in [0.15, 0.2) is 0 Å². The fourth-order valence-corrected chi connectivity index (χ4v) is 1.63. The van der Waals surface area contributed by atoms with Crippen LogP contribution >= 0.6 is 15.9 Å². The molecular weight excluding hydrogens is 232 g/mol. The summed E-state index contributed by atoms with van der Waals surface area (Å²) in [6.45, 7) is 0. The Bertz CT molecular complexity index is 325. The molecular formula is C9H11BrN2O. The highest BCUT2D eigenvalue weighted by Gasteiger charge is 2.01. The summed E-state index contributed by atoms with van der Waals surface area (Å²) in [6.07, 6.45) is 0.475. The van der Waals surface area contributed by atoms with E-state index in [4.69, 9.17) is 15.9 Å². The number of rotatable bonds is 3. The molecule has 0 radical (unpaired) electrons. The number of benzene rings is 1. The van der Waals surface area contributed by atoms with Crippen LogP contribution < -0.4 is 10.5 Å². The summed E-state index contributed by atoms with van der Waals surface area (Å²) >= 11 is 3.36. The number of hydrogen-bond acceptors (Lipinski definition) is 2. The number of nitrogens with two attached hydrogens (primary N) is 1. The van der Waals surface area contributed by atoms with Gasteiger partial charge in [0.1, 0.15) is 5.75 Å². The van der Waals surface area contributed by atoms with Crippen molar-refractivity contribution in [3.8, 4) is 5.75 Å². The van der Waals surface area contributed by atoms with E-state index in [1.54, 1.807) is 7.11 Å². The van der Waals surface area contributed by atoms with Gasteiger partial charge < -0.3 is 10.5 Å². The molecule has 0 aromatic heterocycles. The zero-order chi connectivity index (χ0) is 9.84. The van der Waals surface area contributed by atoms with Gasteiger partial charge >= 0.3 is 0 Å². The lowest BCUT2D eigenvalue weighted by Crippen LogP contribution is -2.12. The summed E-state index contributed by atoms with van der Waals surface area (Å²) in [6, 6.07) is 5.65. The standard InChI is InChI=1S/C9H11BrN2O/c1-13-8-3-2-6(4-7(8)10)5-9(11)12/h2-4H,5H2,1H3,(H3,11,12). The smallest absolute Gasteiger partial charge is 0.133 e. The molecule has 0 aliphatic carbocycles. The molecule has 3 nitrogen and oxygen atoms in total. The zero-order valence-corrected chi connectivity index (χ0v) is 8.89. The molecule has 0 saturated carbocycles. The Balaban J connectivity index is 2.89. The summed E-state index contributed by atoms with van der Waals surface area (Å²) in [5.41, 5.74) is 6.28. The molecule has 0 bridgehead atoms. The highest BCUT2D eigenvalue weighted by atomic mass is 79.9. The maximum Gasteiger partial charge on any atom is 0.133 e. The third kappa shape index (κ3) is 2.73. The third-order valence-electron chi connectivity index (χ3n) is 1.61. The van der Waals surface area contributed by atoms with E-state index < -0.39 is 0 Å². The molecule has 13 heavy (non-hydrogen) atoms. The van der Waals surface area contributed by atoms with Crippen molar-refractivity contribution in [2.75, 3.05) is 7.11 Å². The number of halogens is 1. The van der Waals surface area contributed by atoms with Crippen molar-refractivity contribution in [3.05, 3.63) is 28.2 Å². The number of methoxy groups -OCH3 is 1. The summed E-state index contributed by atoms with van der Waals surface area (Å²) in [7, 11) is 1.62. The van der Waals surface area contributed by atoms with E-state index in [1.165, 1.54) is 0 Å². The summed E-state index contributed by atoms with van der Waals surface area (Å²) in [4.78, 5) is 0. The van der Waals surface area contributed by atoms with Crippen LogP contribution in [0.25, 0.3) is 0 Å². The summed E-state index contributed by atoms with van der Waals surface area (Å²) < 4.78 is 5.96. The SMILES string of the molecule is COc1ccc(CC(=N)N)cc1Br. The van der Waals surface area contributed by atoms with Crippen LogP contribution in [-0.2, 0) is 6.42 Å². The Labute approximate surface area is 85.5 Å². The van der Waals surface area contributed by atoms with Gasteiger partial charge in [-0.1, -0.05) is 6.07 Å². The van der Waals surface area contributed by atoms with Crippen molar-refractivity contribution in [3.63, 3.8) is 0 Å². The molecule has 0 saturated heterocycles. The molecule has 0 unspecified atom stereocenters. The predicted molar refractivity (Wildman–Crippen MR) is 56.3 cm³/mol. The van der Waals surface area contributed by atoms with E-state index in [1.807, 2.05) is 18.2 Å². The van der Waals surface area contributed by atoms with Crippen LogP contribution in [0, 0.1) is 5.41 Å². The molecule has 0 fully saturated rings. The molecule has 0 aliphatic heterocycles. The van der Waals surface area contributed by atoms with Crippen molar-refractivity contribution < 1.29 is 4.74 Å². The van der Waals surface area contributed by atoms with E-state index >= 15 is 0 Å². The molecule has 1 rings (SSSR count). The average molecular weight is 243 g/mol. The van der Waals surface area contributed by atoms with Crippen LogP contribution in [0.4, 0.5) is 0 Å². The minimum atomic E-state index is 0.164. The van der Waals surface area contributed by atoms with Gasteiger partial charge in [0, 0.05) is 6.42 Å². The molecule has 0 heterocycles. The maximum atomic E-state index is 7.13. The van der Waals surface area contributed by atoms with Crippen LogP contribution in [0.5, 0.6) is 5.75 Å². The van der Waals surface area contributed by atoms with E-state index in [-0.39, 0.29) is 5.84 Å². The van der Waals surface area contributed by atoms with Crippen LogP contribution in [0.1, 0.15) is 5.56 Å². The van der Waals surface area contributed by atoms with Gasteiger partial charge in [0.05, 0.1) is 17.4 Å². The number of ether oxygens (including phenoxy) is 1. The molecule has 1 aromatic carbocycles. The average Bonchev–Trinajstić information content (AvgIpc) is 2.03. The van der Waals surface area contributed by atoms with Crippen LogP contribution in [0.15, 0.2) is 22.7 Å². The highest BCUT2D eigenvalue weighted by Crippen LogP contribution is 2.25. The number of nitrogens with one attached hydrogen (secondary N) is 1. The Hall–Kier alpha value is -1.03. The van der Waals surface area contributed by atoms with Crippen molar-refractivity contribution in [1.29, 1.82) is 5.41 Å².